The van der Waals surface area contributed by atoms with Gasteiger partial charge in [0.15, 0.2) is 11.6 Å². The Morgan fingerprint density at radius 3 is 1.73 bits per heavy atom. The van der Waals surface area contributed by atoms with E-state index >= 15 is 0 Å². The molecule has 0 aromatic heterocycles. The van der Waals surface area contributed by atoms with Crippen LogP contribution >= 0.6 is 0 Å². The lowest BCUT2D eigenvalue weighted by Crippen LogP contribution is -1.96. The molecule has 0 heterocycles. The van der Waals surface area contributed by atoms with Crippen molar-refractivity contribution in [2.24, 2.45) is 0 Å². The fourth-order valence-electron chi connectivity index (χ4n) is 4.24. The van der Waals surface area contributed by atoms with Crippen LogP contribution in [-0.2, 0) is 0 Å². The van der Waals surface area contributed by atoms with Gasteiger partial charge in [-0.05, 0) is 81.2 Å². The molecule has 0 fully saturated rings. The van der Waals surface area contributed by atoms with Crippen molar-refractivity contribution in [2.75, 3.05) is 7.11 Å². The number of methoxy groups -OCH3 is 1. The normalized spacial score (nSPS) is 11.3. The number of halogens is 5. The molecular formula is C27H15F5O. The highest BCUT2D eigenvalue weighted by Crippen LogP contribution is 2.45. The van der Waals surface area contributed by atoms with Gasteiger partial charge in [0.2, 0.25) is 0 Å². The Hall–Kier alpha value is -3.93. The van der Waals surface area contributed by atoms with Crippen LogP contribution in [0.15, 0.2) is 72.8 Å². The summed E-state index contributed by atoms with van der Waals surface area (Å²) < 4.78 is 76.8. The molecule has 1 nitrogen and oxygen atoms in total. The number of fused-ring (bicyclic) bond motifs is 2. The number of hydrogen-bond donors (Lipinski definition) is 0. The third-order valence-corrected chi connectivity index (χ3v) is 5.70. The first-order valence-corrected chi connectivity index (χ1v) is 10.0. The summed E-state index contributed by atoms with van der Waals surface area (Å²) in [6.45, 7) is 0. The Kier molecular flexibility index (Phi) is 5.01. The Labute approximate surface area is 185 Å². The average Bonchev–Trinajstić information content (AvgIpc) is 2.79. The molecule has 5 aromatic rings. The molecule has 0 unspecified atom stereocenters. The van der Waals surface area contributed by atoms with Gasteiger partial charge in [-0.25, -0.2) is 22.0 Å². The molecule has 0 aliphatic rings. The van der Waals surface area contributed by atoms with Crippen molar-refractivity contribution in [3.63, 3.8) is 0 Å². The quantitative estimate of drug-likeness (QED) is 0.200. The zero-order chi connectivity index (χ0) is 23.3. The molecule has 0 aliphatic carbocycles. The second-order valence-electron chi connectivity index (χ2n) is 7.60. The lowest BCUT2D eigenvalue weighted by atomic mass is 9.85. The SMILES string of the molecule is COc1ccc(-c2c3ccc(F)cc3c(-c3ccc(F)cc3F)c3cc(F)c(F)cc23)cc1. The molecule has 0 spiro atoms. The first-order chi connectivity index (χ1) is 15.9. The van der Waals surface area contributed by atoms with Crippen molar-refractivity contribution in [3.05, 3.63) is 102 Å². The first-order valence-electron chi connectivity index (χ1n) is 10.0. The standard InChI is InChI=1S/C27H15F5O/c1-33-17-6-2-14(3-7-17)26-18-8-4-15(28)10-20(18)27(19-9-5-16(29)11-23(19)30)22-13-25(32)24(31)12-21(22)26/h2-13H,1H3. The highest BCUT2D eigenvalue weighted by Gasteiger charge is 2.21. The molecule has 5 rings (SSSR count). The van der Waals surface area contributed by atoms with Crippen molar-refractivity contribution < 1.29 is 26.7 Å². The van der Waals surface area contributed by atoms with Gasteiger partial charge < -0.3 is 4.74 Å². The number of benzene rings is 5. The Bertz CT molecular complexity index is 1540. The second-order valence-corrected chi connectivity index (χ2v) is 7.60. The molecule has 164 valence electrons. The molecule has 33 heavy (non-hydrogen) atoms. The molecule has 0 N–H and O–H groups in total. The Morgan fingerprint density at radius 1 is 0.515 bits per heavy atom. The molecule has 0 saturated carbocycles. The van der Waals surface area contributed by atoms with E-state index in [1.54, 1.807) is 24.3 Å². The molecule has 0 saturated heterocycles. The van der Waals surface area contributed by atoms with Gasteiger partial charge in [0.05, 0.1) is 7.11 Å². The molecule has 0 radical (unpaired) electrons. The van der Waals surface area contributed by atoms with Crippen LogP contribution < -0.4 is 4.74 Å². The number of ether oxygens (including phenoxy) is 1. The summed E-state index contributed by atoms with van der Waals surface area (Å²) in [5.74, 6) is -3.90. The van der Waals surface area contributed by atoms with E-state index in [0.717, 1.165) is 18.2 Å². The monoisotopic (exact) mass is 450 g/mol. The van der Waals surface area contributed by atoms with E-state index in [1.165, 1.54) is 31.4 Å². The molecule has 0 aliphatic heterocycles. The van der Waals surface area contributed by atoms with Gasteiger partial charge in [-0.1, -0.05) is 18.2 Å². The second kappa shape index (κ2) is 7.89. The van der Waals surface area contributed by atoms with Crippen LogP contribution in [0.5, 0.6) is 5.75 Å². The summed E-state index contributed by atoms with van der Waals surface area (Å²) in [4.78, 5) is 0. The van der Waals surface area contributed by atoms with Crippen molar-refractivity contribution >= 4 is 21.5 Å². The van der Waals surface area contributed by atoms with E-state index < -0.39 is 29.1 Å². The minimum absolute atomic E-state index is 0.0516. The van der Waals surface area contributed by atoms with Crippen molar-refractivity contribution in [1.29, 1.82) is 0 Å². The van der Waals surface area contributed by atoms with Crippen molar-refractivity contribution in [3.8, 4) is 28.0 Å². The molecule has 6 heteroatoms. The topological polar surface area (TPSA) is 9.23 Å². The highest BCUT2D eigenvalue weighted by atomic mass is 19.2. The van der Waals surface area contributed by atoms with Crippen LogP contribution in [0.4, 0.5) is 22.0 Å². The molecule has 0 atom stereocenters. The van der Waals surface area contributed by atoms with E-state index in [-0.39, 0.29) is 21.9 Å². The van der Waals surface area contributed by atoms with E-state index in [2.05, 4.69) is 0 Å². The van der Waals surface area contributed by atoms with Crippen LogP contribution in [0.3, 0.4) is 0 Å². The summed E-state index contributed by atoms with van der Waals surface area (Å²) in [6, 6.07) is 15.8. The average molecular weight is 450 g/mol. The zero-order valence-corrected chi connectivity index (χ0v) is 17.2. The summed E-state index contributed by atoms with van der Waals surface area (Å²) >= 11 is 0. The molecule has 0 bridgehead atoms. The van der Waals surface area contributed by atoms with Crippen LogP contribution in [0.1, 0.15) is 0 Å². The molecular weight excluding hydrogens is 435 g/mol. The van der Waals surface area contributed by atoms with Crippen LogP contribution in [0.2, 0.25) is 0 Å². The maximum atomic E-state index is 14.9. The minimum Gasteiger partial charge on any atom is -0.497 e. The predicted molar refractivity (Wildman–Crippen MR) is 119 cm³/mol. The fraction of sp³-hybridized carbons (Fsp3) is 0.0370. The molecule has 0 amide bonds. The van der Waals surface area contributed by atoms with Crippen LogP contribution in [0.25, 0.3) is 43.8 Å². The Morgan fingerprint density at radius 2 is 1.09 bits per heavy atom. The summed E-state index contributed by atoms with van der Waals surface area (Å²) in [7, 11) is 1.52. The lowest BCUT2D eigenvalue weighted by Gasteiger charge is -2.18. The van der Waals surface area contributed by atoms with E-state index in [9.17, 15) is 22.0 Å². The van der Waals surface area contributed by atoms with Gasteiger partial charge in [-0.2, -0.15) is 0 Å². The van der Waals surface area contributed by atoms with E-state index in [4.69, 9.17) is 4.74 Å². The van der Waals surface area contributed by atoms with Gasteiger partial charge in [-0.3, -0.25) is 0 Å². The predicted octanol–water partition coefficient (Wildman–Crippen LogP) is 8.03. The highest BCUT2D eigenvalue weighted by molar-refractivity contribution is 6.21. The van der Waals surface area contributed by atoms with Crippen molar-refractivity contribution in [2.45, 2.75) is 0 Å². The van der Waals surface area contributed by atoms with Crippen LogP contribution in [0, 0.1) is 29.1 Å². The smallest absolute Gasteiger partial charge is 0.159 e. The van der Waals surface area contributed by atoms with Gasteiger partial charge in [0, 0.05) is 17.2 Å². The minimum atomic E-state index is -1.14. The number of hydrogen-bond acceptors (Lipinski definition) is 1. The fourth-order valence-corrected chi connectivity index (χ4v) is 4.24. The molecule has 5 aromatic carbocycles. The van der Waals surface area contributed by atoms with Gasteiger partial charge in [-0.15, -0.1) is 0 Å². The first kappa shape index (κ1) is 20.9. The van der Waals surface area contributed by atoms with E-state index in [0.29, 0.717) is 33.7 Å². The van der Waals surface area contributed by atoms with Crippen molar-refractivity contribution in [1.82, 2.24) is 0 Å². The third-order valence-electron chi connectivity index (χ3n) is 5.70. The summed E-state index contributed by atoms with van der Waals surface area (Å²) in [5, 5.41) is 1.25. The van der Waals surface area contributed by atoms with Gasteiger partial charge >= 0.3 is 0 Å². The number of rotatable bonds is 3. The Balaban J connectivity index is 2.01. The zero-order valence-electron chi connectivity index (χ0n) is 17.2. The van der Waals surface area contributed by atoms with Gasteiger partial charge in [0.25, 0.3) is 0 Å². The maximum absolute atomic E-state index is 14.9. The summed E-state index contributed by atoms with van der Waals surface area (Å²) in [6.07, 6.45) is 0. The largest absolute Gasteiger partial charge is 0.497 e. The van der Waals surface area contributed by atoms with Gasteiger partial charge in [0.1, 0.15) is 23.2 Å². The van der Waals surface area contributed by atoms with Crippen LogP contribution in [-0.4, -0.2) is 7.11 Å². The maximum Gasteiger partial charge on any atom is 0.159 e. The summed E-state index contributed by atoms with van der Waals surface area (Å²) in [5.41, 5.74) is 1.26. The van der Waals surface area contributed by atoms with E-state index in [1.807, 2.05) is 0 Å². The third kappa shape index (κ3) is 3.48. The lowest BCUT2D eigenvalue weighted by molar-refractivity contribution is 0.415.